The molecule has 2 aromatic rings. The molecule has 3 heteroatoms. The molecular formula is C18H20BrNO. The van der Waals surface area contributed by atoms with Gasteiger partial charge < -0.3 is 5.32 Å². The first kappa shape index (κ1) is 15.8. The Labute approximate surface area is 134 Å². The van der Waals surface area contributed by atoms with Crippen LogP contribution in [0.3, 0.4) is 0 Å². The molecule has 1 unspecified atom stereocenters. The molecule has 0 saturated heterocycles. The third-order valence-electron chi connectivity index (χ3n) is 3.52. The Morgan fingerprint density at radius 1 is 1.19 bits per heavy atom. The maximum atomic E-state index is 12.2. The van der Waals surface area contributed by atoms with Crippen LogP contribution in [0.5, 0.6) is 0 Å². The van der Waals surface area contributed by atoms with Crippen LogP contribution in [0.1, 0.15) is 35.2 Å². The van der Waals surface area contributed by atoms with Gasteiger partial charge in [0.15, 0.2) is 0 Å². The maximum Gasteiger partial charge on any atom is 0.224 e. The van der Waals surface area contributed by atoms with Crippen LogP contribution in [-0.4, -0.2) is 5.91 Å². The molecule has 0 aliphatic heterocycles. The van der Waals surface area contributed by atoms with Crippen molar-refractivity contribution in [1.29, 1.82) is 0 Å². The fourth-order valence-corrected chi connectivity index (χ4v) is 2.96. The molecular weight excluding hydrogens is 326 g/mol. The minimum absolute atomic E-state index is 0.0188. The highest BCUT2D eigenvalue weighted by atomic mass is 79.9. The Bertz CT molecular complexity index is 651. The van der Waals surface area contributed by atoms with Crippen molar-refractivity contribution in [2.75, 3.05) is 0 Å². The molecule has 1 atom stereocenters. The Morgan fingerprint density at radius 2 is 1.95 bits per heavy atom. The number of aryl methyl sites for hydroxylation is 2. The Hall–Kier alpha value is -1.61. The molecule has 0 saturated carbocycles. The van der Waals surface area contributed by atoms with Crippen LogP contribution in [0, 0.1) is 13.8 Å². The van der Waals surface area contributed by atoms with Gasteiger partial charge in [0.1, 0.15) is 0 Å². The summed E-state index contributed by atoms with van der Waals surface area (Å²) in [5.74, 6) is 0.0422. The summed E-state index contributed by atoms with van der Waals surface area (Å²) in [6.45, 7) is 6.18. The molecule has 2 aromatic carbocycles. The molecule has 0 bridgehead atoms. The number of carbonyl (C=O) groups excluding carboxylic acids is 1. The topological polar surface area (TPSA) is 29.1 Å². The van der Waals surface area contributed by atoms with Crippen molar-refractivity contribution < 1.29 is 4.79 Å². The van der Waals surface area contributed by atoms with Crippen LogP contribution in [0.4, 0.5) is 0 Å². The quantitative estimate of drug-likeness (QED) is 0.869. The van der Waals surface area contributed by atoms with E-state index in [0.717, 1.165) is 10.0 Å². The minimum Gasteiger partial charge on any atom is -0.349 e. The zero-order valence-electron chi connectivity index (χ0n) is 12.6. The zero-order chi connectivity index (χ0) is 15.4. The third-order valence-corrected chi connectivity index (χ3v) is 4.02. The fourth-order valence-electron chi connectivity index (χ4n) is 2.51. The van der Waals surface area contributed by atoms with E-state index in [9.17, 15) is 4.79 Å². The summed E-state index contributed by atoms with van der Waals surface area (Å²) in [5, 5.41) is 3.07. The van der Waals surface area contributed by atoms with Gasteiger partial charge in [-0.3, -0.25) is 4.79 Å². The minimum atomic E-state index is 0.0188. The second-order valence-corrected chi connectivity index (χ2v) is 6.37. The summed E-state index contributed by atoms with van der Waals surface area (Å²) in [6, 6.07) is 14.2. The molecule has 0 heterocycles. The van der Waals surface area contributed by atoms with Gasteiger partial charge in [0.25, 0.3) is 0 Å². The first-order valence-corrected chi connectivity index (χ1v) is 7.86. The van der Waals surface area contributed by atoms with E-state index in [2.05, 4.69) is 53.3 Å². The third kappa shape index (κ3) is 4.43. The highest BCUT2D eigenvalue weighted by molar-refractivity contribution is 9.10. The van der Waals surface area contributed by atoms with Crippen molar-refractivity contribution in [3.63, 3.8) is 0 Å². The van der Waals surface area contributed by atoms with Gasteiger partial charge in [-0.2, -0.15) is 0 Å². The van der Waals surface area contributed by atoms with Gasteiger partial charge in [-0.15, -0.1) is 0 Å². The number of rotatable bonds is 4. The number of hydrogen-bond donors (Lipinski definition) is 1. The number of hydrogen-bond acceptors (Lipinski definition) is 1. The Kier molecular flexibility index (Phi) is 5.18. The van der Waals surface area contributed by atoms with Crippen molar-refractivity contribution >= 4 is 21.8 Å². The summed E-state index contributed by atoms with van der Waals surface area (Å²) in [4.78, 5) is 12.2. The van der Waals surface area contributed by atoms with Gasteiger partial charge in [-0.25, -0.2) is 0 Å². The van der Waals surface area contributed by atoms with E-state index < -0.39 is 0 Å². The molecule has 0 fully saturated rings. The predicted octanol–water partition coefficient (Wildman–Crippen LogP) is 4.49. The van der Waals surface area contributed by atoms with Gasteiger partial charge in [0.2, 0.25) is 5.91 Å². The zero-order valence-corrected chi connectivity index (χ0v) is 14.2. The molecule has 110 valence electrons. The van der Waals surface area contributed by atoms with E-state index in [4.69, 9.17) is 0 Å². The molecule has 0 spiro atoms. The number of benzene rings is 2. The molecule has 21 heavy (non-hydrogen) atoms. The summed E-state index contributed by atoms with van der Waals surface area (Å²) in [7, 11) is 0. The van der Waals surface area contributed by atoms with Gasteiger partial charge >= 0.3 is 0 Å². The molecule has 0 aliphatic rings. The standard InChI is InChI=1S/C18H20BrNO/c1-12-7-8-17(13(2)9-12)14(3)20-18(21)11-15-5-4-6-16(19)10-15/h4-10,14H,11H2,1-3H3,(H,20,21). The summed E-state index contributed by atoms with van der Waals surface area (Å²) in [5.41, 5.74) is 4.63. The highest BCUT2D eigenvalue weighted by Crippen LogP contribution is 2.19. The van der Waals surface area contributed by atoms with Crippen LogP contribution in [0.25, 0.3) is 0 Å². The SMILES string of the molecule is Cc1ccc(C(C)NC(=O)Cc2cccc(Br)c2)c(C)c1. The van der Waals surface area contributed by atoms with E-state index in [-0.39, 0.29) is 11.9 Å². The lowest BCUT2D eigenvalue weighted by Gasteiger charge is -2.17. The van der Waals surface area contributed by atoms with E-state index in [0.29, 0.717) is 6.42 Å². The number of halogens is 1. The lowest BCUT2D eigenvalue weighted by atomic mass is 10.00. The molecule has 2 rings (SSSR count). The fraction of sp³-hybridized carbons (Fsp3) is 0.278. The normalized spacial score (nSPS) is 12.0. The summed E-state index contributed by atoms with van der Waals surface area (Å²) >= 11 is 3.42. The lowest BCUT2D eigenvalue weighted by molar-refractivity contribution is -0.121. The first-order valence-electron chi connectivity index (χ1n) is 7.06. The van der Waals surface area contributed by atoms with Gasteiger partial charge in [-0.05, 0) is 49.6 Å². The second-order valence-electron chi connectivity index (χ2n) is 5.46. The van der Waals surface area contributed by atoms with Crippen molar-refractivity contribution in [3.8, 4) is 0 Å². The van der Waals surface area contributed by atoms with Crippen LogP contribution in [-0.2, 0) is 11.2 Å². The predicted molar refractivity (Wildman–Crippen MR) is 90.3 cm³/mol. The first-order chi connectivity index (χ1) is 9.95. The van der Waals surface area contributed by atoms with Crippen LogP contribution >= 0.6 is 15.9 Å². The van der Waals surface area contributed by atoms with Gasteiger partial charge in [0.05, 0.1) is 12.5 Å². The van der Waals surface area contributed by atoms with E-state index in [1.807, 2.05) is 31.2 Å². The van der Waals surface area contributed by atoms with Crippen LogP contribution in [0.2, 0.25) is 0 Å². The largest absolute Gasteiger partial charge is 0.349 e. The van der Waals surface area contributed by atoms with Gasteiger partial charge in [-0.1, -0.05) is 51.8 Å². The van der Waals surface area contributed by atoms with Crippen molar-refractivity contribution in [3.05, 3.63) is 69.2 Å². The van der Waals surface area contributed by atoms with Crippen molar-refractivity contribution in [2.45, 2.75) is 33.2 Å². The average molecular weight is 346 g/mol. The van der Waals surface area contributed by atoms with E-state index in [1.54, 1.807) is 0 Å². The summed E-state index contributed by atoms with van der Waals surface area (Å²) < 4.78 is 0.996. The van der Waals surface area contributed by atoms with Crippen molar-refractivity contribution in [1.82, 2.24) is 5.32 Å². The maximum absolute atomic E-state index is 12.2. The molecule has 0 aromatic heterocycles. The Balaban J connectivity index is 2.02. The van der Waals surface area contributed by atoms with Crippen molar-refractivity contribution in [2.24, 2.45) is 0 Å². The smallest absolute Gasteiger partial charge is 0.224 e. The molecule has 1 amide bonds. The molecule has 0 radical (unpaired) electrons. The van der Waals surface area contributed by atoms with Gasteiger partial charge in [0, 0.05) is 4.47 Å². The molecule has 0 aliphatic carbocycles. The Morgan fingerprint density at radius 3 is 2.62 bits per heavy atom. The number of nitrogens with one attached hydrogen (secondary N) is 1. The highest BCUT2D eigenvalue weighted by Gasteiger charge is 2.12. The number of carbonyl (C=O) groups is 1. The molecule has 1 N–H and O–H groups in total. The molecule has 2 nitrogen and oxygen atoms in total. The second kappa shape index (κ2) is 6.90. The van der Waals surface area contributed by atoms with E-state index in [1.165, 1.54) is 16.7 Å². The average Bonchev–Trinajstić information content (AvgIpc) is 2.38. The summed E-state index contributed by atoms with van der Waals surface area (Å²) in [6.07, 6.45) is 0.398. The van der Waals surface area contributed by atoms with E-state index >= 15 is 0 Å². The van der Waals surface area contributed by atoms with Crippen LogP contribution < -0.4 is 5.32 Å². The monoisotopic (exact) mass is 345 g/mol. The van der Waals surface area contributed by atoms with Crippen LogP contribution in [0.15, 0.2) is 46.9 Å². The lowest BCUT2D eigenvalue weighted by Crippen LogP contribution is -2.28. The number of amides is 1.